The van der Waals surface area contributed by atoms with E-state index in [1.807, 2.05) is 0 Å². The van der Waals surface area contributed by atoms with E-state index in [4.69, 9.17) is 10.2 Å². The first-order valence-corrected chi connectivity index (χ1v) is 3.81. The molecule has 0 spiro atoms. The molecule has 1 saturated heterocycles. The zero-order valence-corrected chi connectivity index (χ0v) is 7.51. The van der Waals surface area contributed by atoms with Crippen molar-refractivity contribution in [1.82, 2.24) is 5.32 Å². The molecule has 0 bridgehead atoms. The molecule has 0 aliphatic carbocycles. The van der Waals surface area contributed by atoms with Crippen molar-refractivity contribution in [1.29, 1.82) is 0 Å². The maximum atomic E-state index is 10.5. The molecule has 0 unspecified atom stereocenters. The number of hydrogen-bond donors (Lipinski definition) is 3. The van der Waals surface area contributed by atoms with Gasteiger partial charge in [-0.1, -0.05) is 0 Å². The van der Waals surface area contributed by atoms with E-state index in [0.717, 1.165) is 0 Å². The first-order valence-electron chi connectivity index (χ1n) is 3.81. The summed E-state index contributed by atoms with van der Waals surface area (Å²) < 4.78 is 0. The third kappa shape index (κ3) is 3.38. The quantitative estimate of drug-likeness (QED) is 0.545. The van der Waals surface area contributed by atoms with Gasteiger partial charge in [-0.15, -0.1) is 12.4 Å². The molecule has 12 heavy (non-hydrogen) atoms. The molecule has 0 aromatic heterocycles. The number of halogens is 1. The number of carbonyl (C=O) groups is 1. The number of aliphatic hydroxyl groups is 1. The second-order valence-corrected chi connectivity index (χ2v) is 2.92. The summed E-state index contributed by atoms with van der Waals surface area (Å²) in [6.45, 7) is 0.996. The van der Waals surface area contributed by atoms with E-state index in [9.17, 15) is 4.79 Å². The molecular formula is C7H14ClNO3. The number of nitrogens with one attached hydrogen (secondary N) is 1. The van der Waals surface area contributed by atoms with Crippen molar-refractivity contribution >= 4 is 18.4 Å². The Labute approximate surface area is 77.4 Å². The lowest BCUT2D eigenvalue weighted by Crippen LogP contribution is -2.28. The molecule has 0 aromatic carbocycles. The standard InChI is InChI=1S/C7H13NO3.ClH/c9-6-2-1-5(7(10)11)3-8-4-6;/h5-6,8-9H,1-4H2,(H,10,11);1H/t5-,6+;/m0./s1. The van der Waals surface area contributed by atoms with E-state index in [1.54, 1.807) is 0 Å². The molecule has 1 heterocycles. The summed E-state index contributed by atoms with van der Waals surface area (Å²) in [5.74, 6) is -1.10. The molecule has 0 aromatic rings. The smallest absolute Gasteiger partial charge is 0.307 e. The maximum absolute atomic E-state index is 10.5. The number of carboxylic acid groups (broad SMARTS) is 1. The van der Waals surface area contributed by atoms with Gasteiger partial charge in [-0.3, -0.25) is 4.79 Å². The minimum Gasteiger partial charge on any atom is -0.481 e. The SMILES string of the molecule is Cl.O=C(O)[C@H]1CC[C@@H](O)CNC1. The number of rotatable bonds is 1. The number of carboxylic acids is 1. The van der Waals surface area contributed by atoms with E-state index in [1.165, 1.54) is 0 Å². The van der Waals surface area contributed by atoms with Gasteiger partial charge in [0, 0.05) is 13.1 Å². The van der Waals surface area contributed by atoms with Crippen molar-refractivity contribution in [3.05, 3.63) is 0 Å². The predicted octanol–water partition coefficient (Wildman–Crippen LogP) is -0.147. The van der Waals surface area contributed by atoms with E-state index in [0.29, 0.717) is 25.9 Å². The molecule has 5 heteroatoms. The Morgan fingerprint density at radius 1 is 1.33 bits per heavy atom. The molecule has 4 nitrogen and oxygen atoms in total. The lowest BCUT2D eigenvalue weighted by molar-refractivity contribution is -0.141. The molecule has 72 valence electrons. The van der Waals surface area contributed by atoms with Crippen LogP contribution in [0.5, 0.6) is 0 Å². The molecule has 0 saturated carbocycles. The number of aliphatic hydroxyl groups excluding tert-OH is 1. The zero-order valence-electron chi connectivity index (χ0n) is 6.69. The average molecular weight is 196 g/mol. The second-order valence-electron chi connectivity index (χ2n) is 2.92. The van der Waals surface area contributed by atoms with Crippen LogP contribution in [0, 0.1) is 5.92 Å². The number of β-amino-alcohol motifs (C(OH)–C–C–N with tert-alkyl or cyclic N) is 1. The molecule has 2 atom stereocenters. The van der Waals surface area contributed by atoms with Gasteiger partial charge in [0.1, 0.15) is 0 Å². The van der Waals surface area contributed by atoms with E-state index >= 15 is 0 Å². The Hall–Kier alpha value is -0.320. The minimum atomic E-state index is -0.772. The van der Waals surface area contributed by atoms with Crippen molar-refractivity contribution < 1.29 is 15.0 Å². The lowest BCUT2D eigenvalue weighted by atomic mass is 10.0. The lowest BCUT2D eigenvalue weighted by Gasteiger charge is -2.06. The Morgan fingerprint density at radius 3 is 2.58 bits per heavy atom. The van der Waals surface area contributed by atoms with Gasteiger partial charge in [-0.2, -0.15) is 0 Å². The summed E-state index contributed by atoms with van der Waals surface area (Å²) >= 11 is 0. The Kier molecular flexibility index (Phi) is 5.20. The Balaban J connectivity index is 0.00000121. The van der Waals surface area contributed by atoms with Crippen molar-refractivity contribution in [3.8, 4) is 0 Å². The molecular weight excluding hydrogens is 182 g/mol. The van der Waals surface area contributed by atoms with Crippen LogP contribution in [0.2, 0.25) is 0 Å². The fraction of sp³-hybridized carbons (Fsp3) is 0.857. The van der Waals surface area contributed by atoms with Crippen molar-refractivity contribution in [2.75, 3.05) is 13.1 Å². The second kappa shape index (κ2) is 5.35. The van der Waals surface area contributed by atoms with Gasteiger partial charge in [0.2, 0.25) is 0 Å². The molecule has 3 N–H and O–H groups in total. The number of aliphatic carboxylic acids is 1. The minimum absolute atomic E-state index is 0. The van der Waals surface area contributed by atoms with Crippen LogP contribution in [0.3, 0.4) is 0 Å². The van der Waals surface area contributed by atoms with Gasteiger partial charge < -0.3 is 15.5 Å². The highest BCUT2D eigenvalue weighted by molar-refractivity contribution is 5.85. The van der Waals surface area contributed by atoms with Gasteiger partial charge in [0.05, 0.1) is 12.0 Å². The Morgan fingerprint density at radius 2 is 2.00 bits per heavy atom. The van der Waals surface area contributed by atoms with Gasteiger partial charge in [0.15, 0.2) is 0 Å². The normalized spacial score (nSPS) is 30.1. The average Bonchev–Trinajstić information content (AvgIpc) is 2.13. The van der Waals surface area contributed by atoms with Crippen molar-refractivity contribution in [2.24, 2.45) is 5.92 Å². The van der Waals surface area contributed by atoms with E-state index in [2.05, 4.69) is 5.32 Å². The summed E-state index contributed by atoms with van der Waals surface area (Å²) in [6.07, 6.45) is 0.785. The third-order valence-corrected chi connectivity index (χ3v) is 1.97. The fourth-order valence-corrected chi connectivity index (χ4v) is 1.23. The molecule has 1 fully saturated rings. The summed E-state index contributed by atoms with van der Waals surface area (Å²) in [4.78, 5) is 10.5. The third-order valence-electron chi connectivity index (χ3n) is 1.97. The van der Waals surface area contributed by atoms with Crippen LogP contribution >= 0.6 is 12.4 Å². The van der Waals surface area contributed by atoms with Crippen LogP contribution in [0.1, 0.15) is 12.8 Å². The van der Waals surface area contributed by atoms with Gasteiger partial charge in [0.25, 0.3) is 0 Å². The van der Waals surface area contributed by atoms with Gasteiger partial charge in [-0.25, -0.2) is 0 Å². The largest absolute Gasteiger partial charge is 0.481 e. The summed E-state index contributed by atoms with van der Waals surface area (Å²) in [5.41, 5.74) is 0. The molecule has 1 aliphatic heterocycles. The van der Waals surface area contributed by atoms with Crippen LogP contribution in [-0.2, 0) is 4.79 Å². The van der Waals surface area contributed by atoms with Crippen LogP contribution in [0.15, 0.2) is 0 Å². The van der Waals surface area contributed by atoms with Crippen LogP contribution < -0.4 is 5.32 Å². The first kappa shape index (κ1) is 11.7. The molecule has 0 radical (unpaired) electrons. The van der Waals surface area contributed by atoms with E-state index in [-0.39, 0.29) is 24.4 Å². The highest BCUT2D eigenvalue weighted by atomic mass is 35.5. The van der Waals surface area contributed by atoms with Crippen LogP contribution in [0.4, 0.5) is 0 Å². The van der Waals surface area contributed by atoms with Crippen molar-refractivity contribution in [2.45, 2.75) is 18.9 Å². The molecule has 1 aliphatic rings. The summed E-state index contributed by atoms with van der Waals surface area (Å²) in [5, 5.41) is 20.7. The maximum Gasteiger partial charge on any atom is 0.307 e. The van der Waals surface area contributed by atoms with Crippen LogP contribution in [-0.4, -0.2) is 35.4 Å². The Bertz CT molecular complexity index is 154. The fourth-order valence-electron chi connectivity index (χ4n) is 1.23. The highest BCUT2D eigenvalue weighted by Gasteiger charge is 2.21. The van der Waals surface area contributed by atoms with Gasteiger partial charge >= 0.3 is 5.97 Å². The summed E-state index contributed by atoms with van der Waals surface area (Å²) in [7, 11) is 0. The molecule has 1 rings (SSSR count). The predicted molar refractivity (Wildman–Crippen MR) is 46.5 cm³/mol. The highest BCUT2D eigenvalue weighted by Crippen LogP contribution is 2.11. The monoisotopic (exact) mass is 195 g/mol. The molecule has 0 amide bonds. The first-order chi connectivity index (χ1) is 5.20. The number of hydrogen-bond acceptors (Lipinski definition) is 3. The van der Waals surface area contributed by atoms with E-state index < -0.39 is 5.97 Å². The van der Waals surface area contributed by atoms with Crippen LogP contribution in [0.25, 0.3) is 0 Å². The van der Waals surface area contributed by atoms with Crippen molar-refractivity contribution in [3.63, 3.8) is 0 Å². The summed E-state index contributed by atoms with van der Waals surface area (Å²) in [6, 6.07) is 0. The topological polar surface area (TPSA) is 69.6 Å². The zero-order chi connectivity index (χ0) is 8.27. The van der Waals surface area contributed by atoms with Gasteiger partial charge in [-0.05, 0) is 12.8 Å².